The highest BCUT2D eigenvalue weighted by molar-refractivity contribution is 5.30. The highest BCUT2D eigenvalue weighted by Gasteiger charge is 2.12. The van der Waals surface area contributed by atoms with Gasteiger partial charge in [-0.3, -0.25) is 0 Å². The lowest BCUT2D eigenvalue weighted by molar-refractivity contribution is 0.445. The van der Waals surface area contributed by atoms with Crippen LogP contribution in [0, 0.1) is 0 Å². The van der Waals surface area contributed by atoms with Gasteiger partial charge in [0.2, 0.25) is 5.88 Å². The first kappa shape index (κ1) is 11.5. The first-order valence-electron chi connectivity index (χ1n) is 5.62. The minimum atomic E-state index is 0.0776. The molecule has 4 nitrogen and oxygen atoms in total. The zero-order chi connectivity index (χ0) is 12.4. The number of aromatic amines is 1. The van der Waals surface area contributed by atoms with Crippen molar-refractivity contribution < 1.29 is 10.2 Å². The van der Waals surface area contributed by atoms with Gasteiger partial charge in [0.25, 0.3) is 0 Å². The minimum Gasteiger partial charge on any atom is -0.508 e. The van der Waals surface area contributed by atoms with E-state index in [0.29, 0.717) is 6.42 Å². The molecule has 90 valence electrons. The minimum absolute atomic E-state index is 0.0776. The van der Waals surface area contributed by atoms with Crippen molar-refractivity contribution in [1.82, 2.24) is 9.97 Å². The van der Waals surface area contributed by atoms with Crippen molar-refractivity contribution in [2.45, 2.75) is 26.2 Å². The molecule has 1 aromatic heterocycles. The van der Waals surface area contributed by atoms with Crippen LogP contribution in [0.2, 0.25) is 0 Å². The summed E-state index contributed by atoms with van der Waals surface area (Å²) in [5.41, 5.74) is 1.80. The van der Waals surface area contributed by atoms with E-state index in [9.17, 15) is 10.2 Å². The molecule has 0 atom stereocenters. The highest BCUT2D eigenvalue weighted by Crippen LogP contribution is 2.23. The van der Waals surface area contributed by atoms with Crippen LogP contribution in [0.4, 0.5) is 0 Å². The molecule has 0 spiro atoms. The molecule has 0 saturated carbocycles. The molecular formula is C13H16N2O2. The molecule has 0 bridgehead atoms. The molecule has 17 heavy (non-hydrogen) atoms. The Labute approximate surface area is 100.0 Å². The number of benzene rings is 1. The molecule has 0 aliphatic heterocycles. The summed E-state index contributed by atoms with van der Waals surface area (Å²) >= 11 is 0. The average Bonchev–Trinajstić information content (AvgIpc) is 2.63. The summed E-state index contributed by atoms with van der Waals surface area (Å²) in [6.07, 6.45) is 0.612. The number of phenolic OH excluding ortho intramolecular Hbond substituents is 1. The first-order valence-corrected chi connectivity index (χ1v) is 5.62. The van der Waals surface area contributed by atoms with Crippen molar-refractivity contribution in [2.75, 3.05) is 0 Å². The topological polar surface area (TPSA) is 69.1 Å². The van der Waals surface area contributed by atoms with E-state index < -0.39 is 0 Å². The van der Waals surface area contributed by atoms with Crippen molar-refractivity contribution in [3.63, 3.8) is 0 Å². The van der Waals surface area contributed by atoms with E-state index in [0.717, 1.165) is 17.1 Å². The third-order valence-corrected chi connectivity index (χ3v) is 2.65. The third-order valence-electron chi connectivity index (χ3n) is 2.65. The normalized spacial score (nSPS) is 11.0. The molecule has 0 amide bonds. The summed E-state index contributed by atoms with van der Waals surface area (Å²) in [5, 5.41) is 18.8. The molecule has 0 aliphatic rings. The van der Waals surface area contributed by atoms with Gasteiger partial charge in [-0.1, -0.05) is 26.0 Å². The number of aromatic hydroxyl groups is 2. The smallest absolute Gasteiger partial charge is 0.232 e. The summed E-state index contributed by atoms with van der Waals surface area (Å²) in [5.74, 6) is 1.28. The van der Waals surface area contributed by atoms with E-state index in [1.807, 2.05) is 26.0 Å². The van der Waals surface area contributed by atoms with Crippen molar-refractivity contribution in [2.24, 2.45) is 0 Å². The lowest BCUT2D eigenvalue weighted by atomic mass is 10.1. The quantitative estimate of drug-likeness (QED) is 0.761. The van der Waals surface area contributed by atoms with Crippen molar-refractivity contribution >= 4 is 0 Å². The number of nitrogens with zero attached hydrogens (tertiary/aromatic N) is 1. The molecule has 2 aromatic rings. The van der Waals surface area contributed by atoms with Gasteiger partial charge in [0.1, 0.15) is 11.6 Å². The van der Waals surface area contributed by atoms with E-state index >= 15 is 0 Å². The second-order valence-electron chi connectivity index (χ2n) is 4.42. The van der Waals surface area contributed by atoms with Gasteiger partial charge in [-0.25, -0.2) is 0 Å². The Morgan fingerprint density at radius 3 is 2.35 bits per heavy atom. The second-order valence-corrected chi connectivity index (χ2v) is 4.42. The maximum Gasteiger partial charge on any atom is 0.232 e. The zero-order valence-corrected chi connectivity index (χ0v) is 9.94. The van der Waals surface area contributed by atoms with E-state index in [1.54, 1.807) is 12.1 Å². The Hall–Kier alpha value is -1.97. The van der Waals surface area contributed by atoms with Crippen molar-refractivity contribution in [3.8, 4) is 11.6 Å². The number of nitrogens with one attached hydrogen (secondary N) is 1. The number of hydrogen-bond acceptors (Lipinski definition) is 3. The summed E-state index contributed by atoms with van der Waals surface area (Å²) < 4.78 is 0. The van der Waals surface area contributed by atoms with Crippen LogP contribution < -0.4 is 0 Å². The predicted octanol–water partition coefficient (Wildman–Crippen LogP) is 2.54. The molecule has 0 radical (unpaired) electrons. The van der Waals surface area contributed by atoms with Gasteiger partial charge in [0.15, 0.2) is 0 Å². The van der Waals surface area contributed by atoms with Crippen LogP contribution >= 0.6 is 0 Å². The summed E-state index contributed by atoms with van der Waals surface area (Å²) in [6, 6.07) is 6.96. The first-order chi connectivity index (χ1) is 8.06. The number of phenols is 1. The maximum absolute atomic E-state index is 9.64. The van der Waals surface area contributed by atoms with Gasteiger partial charge in [-0.05, 0) is 23.6 Å². The second kappa shape index (κ2) is 4.49. The van der Waals surface area contributed by atoms with Gasteiger partial charge in [-0.15, -0.1) is 0 Å². The molecule has 1 aromatic carbocycles. The van der Waals surface area contributed by atoms with Crippen LogP contribution in [-0.4, -0.2) is 20.2 Å². The number of H-pyrrole nitrogens is 1. The molecule has 0 unspecified atom stereocenters. The molecule has 4 heteroatoms. The van der Waals surface area contributed by atoms with Crippen LogP contribution in [0.1, 0.15) is 36.8 Å². The van der Waals surface area contributed by atoms with Crippen LogP contribution in [-0.2, 0) is 6.42 Å². The monoisotopic (exact) mass is 232 g/mol. The Morgan fingerprint density at radius 1 is 1.18 bits per heavy atom. The number of hydrogen-bond donors (Lipinski definition) is 3. The summed E-state index contributed by atoms with van der Waals surface area (Å²) in [6.45, 7) is 4.00. The fourth-order valence-electron chi connectivity index (χ4n) is 1.72. The lowest BCUT2D eigenvalue weighted by Gasteiger charge is -2.00. The molecular weight excluding hydrogens is 216 g/mol. The zero-order valence-electron chi connectivity index (χ0n) is 9.94. The van der Waals surface area contributed by atoms with E-state index in [1.165, 1.54) is 0 Å². The Kier molecular flexibility index (Phi) is 3.04. The molecule has 0 aliphatic carbocycles. The highest BCUT2D eigenvalue weighted by atomic mass is 16.3. The van der Waals surface area contributed by atoms with Gasteiger partial charge >= 0.3 is 0 Å². The maximum atomic E-state index is 9.64. The number of aromatic nitrogens is 2. The molecule has 0 saturated heterocycles. The van der Waals surface area contributed by atoms with Crippen LogP contribution in [0.3, 0.4) is 0 Å². The van der Waals surface area contributed by atoms with E-state index in [4.69, 9.17) is 0 Å². The SMILES string of the molecule is CC(C)c1[nH]c(Cc2ccc(O)cc2)nc1O. The van der Waals surface area contributed by atoms with Crippen molar-refractivity contribution in [3.05, 3.63) is 41.3 Å². The Bertz CT molecular complexity index is 501. The summed E-state index contributed by atoms with van der Waals surface area (Å²) in [4.78, 5) is 7.21. The van der Waals surface area contributed by atoms with E-state index in [2.05, 4.69) is 9.97 Å². The van der Waals surface area contributed by atoms with Gasteiger partial charge in [-0.2, -0.15) is 4.98 Å². The standard InChI is InChI=1S/C13H16N2O2/c1-8(2)12-13(17)15-11(14-12)7-9-3-5-10(16)6-4-9/h3-6,8,16-17H,7H2,1-2H3,(H,14,15). The van der Waals surface area contributed by atoms with Crippen LogP contribution in [0.15, 0.2) is 24.3 Å². The van der Waals surface area contributed by atoms with Crippen LogP contribution in [0.5, 0.6) is 11.6 Å². The molecule has 3 N–H and O–H groups in total. The largest absolute Gasteiger partial charge is 0.508 e. The average molecular weight is 232 g/mol. The Morgan fingerprint density at radius 2 is 1.82 bits per heavy atom. The fraction of sp³-hybridized carbons (Fsp3) is 0.308. The number of imidazole rings is 1. The van der Waals surface area contributed by atoms with Gasteiger partial charge in [0.05, 0.1) is 5.69 Å². The van der Waals surface area contributed by atoms with E-state index in [-0.39, 0.29) is 17.5 Å². The Balaban J connectivity index is 2.19. The van der Waals surface area contributed by atoms with Gasteiger partial charge < -0.3 is 15.2 Å². The fourth-order valence-corrected chi connectivity index (χ4v) is 1.72. The lowest BCUT2D eigenvalue weighted by Crippen LogP contribution is -1.92. The summed E-state index contributed by atoms with van der Waals surface area (Å²) in [7, 11) is 0. The van der Waals surface area contributed by atoms with Crippen molar-refractivity contribution in [1.29, 1.82) is 0 Å². The molecule has 0 fully saturated rings. The third kappa shape index (κ3) is 2.58. The predicted molar refractivity (Wildman–Crippen MR) is 65.3 cm³/mol. The van der Waals surface area contributed by atoms with Gasteiger partial charge in [0, 0.05) is 6.42 Å². The number of rotatable bonds is 3. The molecule has 1 heterocycles. The molecule has 2 rings (SSSR count). The van der Waals surface area contributed by atoms with Crippen LogP contribution in [0.25, 0.3) is 0 Å².